The van der Waals surface area contributed by atoms with Crippen molar-refractivity contribution in [2.24, 2.45) is 0 Å². The third kappa shape index (κ3) is 5.12. The molecule has 0 heterocycles. The van der Waals surface area contributed by atoms with Crippen molar-refractivity contribution in [2.45, 2.75) is 37.5 Å². The molecule has 8 heteroatoms. The van der Waals surface area contributed by atoms with Gasteiger partial charge in [-0.1, -0.05) is 26.0 Å². The fraction of sp³-hybridized carbons (Fsp3) is 0.350. The van der Waals surface area contributed by atoms with Crippen molar-refractivity contribution in [3.8, 4) is 0 Å². The van der Waals surface area contributed by atoms with Crippen molar-refractivity contribution in [3.05, 3.63) is 53.3 Å². The molecule has 0 saturated heterocycles. The molecule has 0 aliphatic carbocycles. The largest absolute Gasteiger partial charge is 0.325 e. The maximum atomic E-state index is 13.7. The zero-order valence-electron chi connectivity index (χ0n) is 16.5. The molecular formula is C20H25FN2O3S2. The summed E-state index contributed by atoms with van der Waals surface area (Å²) in [6.07, 6.45) is 0. The number of hydrogen-bond donors (Lipinski definition) is 1. The van der Waals surface area contributed by atoms with E-state index in [0.717, 1.165) is 22.9 Å². The van der Waals surface area contributed by atoms with E-state index >= 15 is 0 Å². The smallest absolute Gasteiger partial charge is 0.243 e. The molecule has 0 radical (unpaired) electrons. The van der Waals surface area contributed by atoms with E-state index in [4.69, 9.17) is 0 Å². The van der Waals surface area contributed by atoms with Crippen molar-refractivity contribution in [2.75, 3.05) is 24.2 Å². The molecule has 0 atom stereocenters. The molecule has 152 valence electrons. The maximum absolute atomic E-state index is 13.7. The van der Waals surface area contributed by atoms with Crippen LogP contribution in [0.5, 0.6) is 0 Å². The number of aryl methyl sites for hydroxylation is 1. The average Bonchev–Trinajstić information content (AvgIpc) is 2.65. The van der Waals surface area contributed by atoms with E-state index in [1.165, 1.54) is 16.4 Å². The molecule has 2 aromatic rings. The van der Waals surface area contributed by atoms with Crippen LogP contribution in [0.4, 0.5) is 10.1 Å². The molecule has 0 aliphatic rings. The van der Waals surface area contributed by atoms with E-state index in [1.54, 1.807) is 45.0 Å². The summed E-state index contributed by atoms with van der Waals surface area (Å²) in [6, 6.07) is 9.36. The Morgan fingerprint density at radius 2 is 1.79 bits per heavy atom. The zero-order chi connectivity index (χ0) is 20.9. The van der Waals surface area contributed by atoms with Gasteiger partial charge in [-0.2, -0.15) is 4.31 Å². The zero-order valence-corrected chi connectivity index (χ0v) is 18.1. The molecule has 1 amide bonds. The van der Waals surface area contributed by atoms with Gasteiger partial charge < -0.3 is 5.32 Å². The number of nitrogens with one attached hydrogen (secondary N) is 1. The summed E-state index contributed by atoms with van der Waals surface area (Å²) in [5, 5.41) is 2.76. The second-order valence-electron chi connectivity index (χ2n) is 6.27. The summed E-state index contributed by atoms with van der Waals surface area (Å²) >= 11 is 1.09. The number of nitrogens with zero attached hydrogens (tertiary/aromatic N) is 1. The molecule has 0 saturated carbocycles. The summed E-state index contributed by atoms with van der Waals surface area (Å²) in [5.74, 6) is -0.681. The lowest BCUT2D eigenvalue weighted by Crippen LogP contribution is -2.30. The van der Waals surface area contributed by atoms with Gasteiger partial charge in [-0.3, -0.25) is 4.79 Å². The lowest BCUT2D eigenvalue weighted by molar-refractivity contribution is -0.113. The van der Waals surface area contributed by atoms with Crippen LogP contribution in [-0.4, -0.2) is 37.5 Å². The van der Waals surface area contributed by atoms with Crippen LogP contribution in [0.25, 0.3) is 0 Å². The average molecular weight is 425 g/mol. The number of anilines is 1. The van der Waals surface area contributed by atoms with Gasteiger partial charge in [0.2, 0.25) is 15.9 Å². The molecule has 1 N–H and O–H groups in total. The van der Waals surface area contributed by atoms with Crippen molar-refractivity contribution in [3.63, 3.8) is 0 Å². The summed E-state index contributed by atoms with van der Waals surface area (Å²) in [4.78, 5) is 12.9. The number of sulfonamides is 1. The van der Waals surface area contributed by atoms with Gasteiger partial charge in [-0.05, 0) is 49.2 Å². The first-order valence-corrected chi connectivity index (χ1v) is 11.4. The van der Waals surface area contributed by atoms with Crippen LogP contribution >= 0.6 is 11.8 Å². The molecule has 0 fully saturated rings. The maximum Gasteiger partial charge on any atom is 0.243 e. The minimum absolute atomic E-state index is 0.0203. The Bertz CT molecular complexity index is 958. The first-order valence-electron chi connectivity index (χ1n) is 8.99. The Morgan fingerprint density at radius 3 is 2.39 bits per heavy atom. The van der Waals surface area contributed by atoms with Crippen LogP contribution in [0.1, 0.15) is 25.0 Å². The third-order valence-electron chi connectivity index (χ3n) is 4.45. The second kappa shape index (κ2) is 9.54. The molecule has 2 aromatic carbocycles. The highest BCUT2D eigenvalue weighted by Gasteiger charge is 2.23. The fourth-order valence-electron chi connectivity index (χ4n) is 2.71. The van der Waals surface area contributed by atoms with Gasteiger partial charge in [0.05, 0.1) is 10.6 Å². The monoisotopic (exact) mass is 424 g/mol. The van der Waals surface area contributed by atoms with Crippen molar-refractivity contribution >= 4 is 33.4 Å². The molecule has 2 rings (SSSR count). The molecular weight excluding hydrogens is 399 g/mol. The number of carbonyl (C=O) groups excluding carboxylic acids is 1. The van der Waals surface area contributed by atoms with Crippen LogP contribution in [-0.2, 0) is 14.8 Å². The van der Waals surface area contributed by atoms with Crippen molar-refractivity contribution < 1.29 is 17.6 Å². The minimum Gasteiger partial charge on any atom is -0.325 e. The lowest BCUT2D eigenvalue weighted by atomic mass is 10.1. The van der Waals surface area contributed by atoms with Crippen LogP contribution in [0, 0.1) is 19.7 Å². The third-order valence-corrected chi connectivity index (χ3v) is 7.53. The van der Waals surface area contributed by atoms with E-state index in [-0.39, 0.29) is 22.4 Å². The molecule has 0 unspecified atom stereocenters. The van der Waals surface area contributed by atoms with Gasteiger partial charge >= 0.3 is 0 Å². The molecule has 28 heavy (non-hydrogen) atoms. The van der Waals surface area contributed by atoms with Crippen LogP contribution in [0.3, 0.4) is 0 Å². The van der Waals surface area contributed by atoms with E-state index in [9.17, 15) is 17.6 Å². The summed E-state index contributed by atoms with van der Waals surface area (Å²) in [7, 11) is -3.63. The van der Waals surface area contributed by atoms with Gasteiger partial charge in [0.15, 0.2) is 0 Å². The normalized spacial score (nSPS) is 11.6. The number of carbonyl (C=O) groups is 1. The summed E-state index contributed by atoms with van der Waals surface area (Å²) in [5.41, 5.74) is 2.01. The predicted octanol–water partition coefficient (Wildman–Crippen LogP) is 4.20. The molecule has 0 spiro atoms. The number of halogens is 1. The number of amides is 1. The quantitative estimate of drug-likeness (QED) is 0.645. The minimum atomic E-state index is -3.63. The van der Waals surface area contributed by atoms with Crippen LogP contribution in [0.15, 0.2) is 46.2 Å². The Hall–Kier alpha value is -1.90. The highest BCUT2D eigenvalue weighted by atomic mass is 32.2. The number of rotatable bonds is 8. The van der Waals surface area contributed by atoms with Crippen LogP contribution in [0.2, 0.25) is 0 Å². The highest BCUT2D eigenvalue weighted by Crippen LogP contribution is 2.27. The predicted molar refractivity (Wildman–Crippen MR) is 112 cm³/mol. The Morgan fingerprint density at radius 1 is 1.14 bits per heavy atom. The number of hydrogen-bond acceptors (Lipinski definition) is 4. The topological polar surface area (TPSA) is 66.5 Å². The summed E-state index contributed by atoms with van der Waals surface area (Å²) < 4.78 is 40.7. The first-order chi connectivity index (χ1) is 13.2. The van der Waals surface area contributed by atoms with Gasteiger partial charge in [0, 0.05) is 23.7 Å². The van der Waals surface area contributed by atoms with E-state index in [2.05, 4.69) is 5.32 Å². The SMILES string of the molecule is CCN(CC)S(=O)(=O)c1cc(C)c(C)c(NC(=O)CSc2ccccc2F)c1. The Kier molecular flexibility index (Phi) is 7.63. The standard InChI is InChI=1S/C20H25FN2O3S2/c1-5-23(6-2)28(25,26)16-11-14(3)15(4)18(12-16)22-20(24)13-27-19-10-8-7-9-17(19)21/h7-12H,5-6,13H2,1-4H3,(H,22,24). The number of benzene rings is 2. The van der Waals surface area contributed by atoms with Gasteiger partial charge in [-0.25, -0.2) is 12.8 Å². The second-order valence-corrected chi connectivity index (χ2v) is 9.22. The Balaban J connectivity index is 2.22. The van der Waals surface area contributed by atoms with E-state index < -0.39 is 10.0 Å². The fourth-order valence-corrected chi connectivity index (χ4v) is 5.02. The molecule has 0 aromatic heterocycles. The van der Waals surface area contributed by atoms with Crippen molar-refractivity contribution in [1.29, 1.82) is 0 Å². The molecule has 0 aliphatic heterocycles. The number of thioether (sulfide) groups is 1. The first kappa shape index (κ1) is 22.4. The molecule has 5 nitrogen and oxygen atoms in total. The van der Waals surface area contributed by atoms with Gasteiger partial charge in [0.25, 0.3) is 0 Å². The molecule has 0 bridgehead atoms. The van der Waals surface area contributed by atoms with Crippen LogP contribution < -0.4 is 5.32 Å². The Labute approximate surface area is 170 Å². The lowest BCUT2D eigenvalue weighted by Gasteiger charge is -2.20. The van der Waals surface area contributed by atoms with Gasteiger partial charge in [-0.15, -0.1) is 11.8 Å². The van der Waals surface area contributed by atoms with Gasteiger partial charge in [0.1, 0.15) is 5.82 Å². The summed E-state index contributed by atoms with van der Waals surface area (Å²) in [6.45, 7) is 7.93. The van der Waals surface area contributed by atoms with E-state index in [0.29, 0.717) is 23.7 Å². The highest BCUT2D eigenvalue weighted by molar-refractivity contribution is 8.00. The van der Waals surface area contributed by atoms with E-state index in [1.807, 2.05) is 6.92 Å². The van der Waals surface area contributed by atoms with Crippen molar-refractivity contribution in [1.82, 2.24) is 4.31 Å².